The van der Waals surface area contributed by atoms with Crippen LogP contribution < -0.4 is 10.3 Å². The molecule has 0 aliphatic heterocycles. The summed E-state index contributed by atoms with van der Waals surface area (Å²) < 4.78 is 7.22. The molecule has 20 heavy (non-hydrogen) atoms. The summed E-state index contributed by atoms with van der Waals surface area (Å²) in [5.41, 5.74) is -0.148. The van der Waals surface area contributed by atoms with E-state index in [1.807, 2.05) is 44.2 Å². The zero-order valence-electron chi connectivity index (χ0n) is 11.5. The molecule has 0 N–H and O–H groups in total. The van der Waals surface area contributed by atoms with Crippen molar-refractivity contribution in [2.24, 2.45) is 0 Å². The Balaban J connectivity index is 2.11. The number of halogens is 1. The van der Waals surface area contributed by atoms with Gasteiger partial charge in [-0.15, -0.1) is 0 Å². The Hall–Kier alpha value is -1.81. The standard InChI is InChI=1S/C15H17ClN2O2/c1-11(2)15-17-13(16)10-14(19)18(15)8-9-20-12-6-4-3-5-7-12/h3-7,10-11H,8-9H2,1-2H3. The van der Waals surface area contributed by atoms with E-state index in [9.17, 15) is 4.79 Å². The van der Waals surface area contributed by atoms with Gasteiger partial charge < -0.3 is 4.74 Å². The van der Waals surface area contributed by atoms with E-state index in [0.717, 1.165) is 5.75 Å². The molecule has 1 heterocycles. The number of nitrogens with zero attached hydrogens (tertiary/aromatic N) is 2. The van der Waals surface area contributed by atoms with Gasteiger partial charge >= 0.3 is 0 Å². The smallest absolute Gasteiger partial charge is 0.255 e. The van der Waals surface area contributed by atoms with Gasteiger partial charge in [0.25, 0.3) is 5.56 Å². The fourth-order valence-corrected chi connectivity index (χ4v) is 2.11. The Labute approximate surface area is 123 Å². The number of ether oxygens (including phenoxy) is 1. The minimum Gasteiger partial charge on any atom is -0.492 e. The molecular weight excluding hydrogens is 276 g/mol. The fourth-order valence-electron chi connectivity index (χ4n) is 1.93. The summed E-state index contributed by atoms with van der Waals surface area (Å²) in [4.78, 5) is 16.2. The lowest BCUT2D eigenvalue weighted by Gasteiger charge is -2.15. The number of para-hydroxylation sites is 1. The molecule has 106 valence electrons. The van der Waals surface area contributed by atoms with Crippen molar-refractivity contribution >= 4 is 11.6 Å². The Kier molecular flexibility index (Phi) is 4.79. The van der Waals surface area contributed by atoms with Gasteiger partial charge in [-0.1, -0.05) is 43.6 Å². The van der Waals surface area contributed by atoms with E-state index in [2.05, 4.69) is 4.98 Å². The maximum atomic E-state index is 12.0. The quantitative estimate of drug-likeness (QED) is 0.796. The Bertz CT molecular complexity index is 624. The first-order valence-electron chi connectivity index (χ1n) is 6.53. The van der Waals surface area contributed by atoms with E-state index >= 15 is 0 Å². The Morgan fingerprint density at radius 1 is 1.30 bits per heavy atom. The molecule has 0 amide bonds. The molecule has 0 fully saturated rings. The fraction of sp³-hybridized carbons (Fsp3) is 0.333. The van der Waals surface area contributed by atoms with Gasteiger partial charge in [0, 0.05) is 12.0 Å². The third-order valence-corrected chi connectivity index (χ3v) is 3.04. The van der Waals surface area contributed by atoms with E-state index < -0.39 is 0 Å². The van der Waals surface area contributed by atoms with Crippen LogP contribution in [-0.2, 0) is 6.54 Å². The highest BCUT2D eigenvalue weighted by molar-refractivity contribution is 6.29. The molecule has 1 aromatic carbocycles. The third-order valence-electron chi connectivity index (χ3n) is 2.85. The third kappa shape index (κ3) is 3.61. The summed E-state index contributed by atoms with van der Waals surface area (Å²) in [6.45, 7) is 4.82. The second-order valence-corrected chi connectivity index (χ2v) is 5.13. The van der Waals surface area contributed by atoms with E-state index in [-0.39, 0.29) is 16.6 Å². The van der Waals surface area contributed by atoms with E-state index in [1.54, 1.807) is 4.57 Å². The molecule has 0 saturated carbocycles. The van der Waals surface area contributed by atoms with E-state index in [4.69, 9.17) is 16.3 Å². The van der Waals surface area contributed by atoms with Crippen LogP contribution >= 0.6 is 11.6 Å². The first-order chi connectivity index (χ1) is 9.58. The summed E-state index contributed by atoms with van der Waals surface area (Å²) in [7, 11) is 0. The van der Waals surface area contributed by atoms with Gasteiger partial charge in [-0.05, 0) is 12.1 Å². The number of hydrogen-bond donors (Lipinski definition) is 0. The second-order valence-electron chi connectivity index (χ2n) is 4.74. The molecule has 2 aromatic rings. The molecule has 0 radical (unpaired) electrons. The first-order valence-corrected chi connectivity index (χ1v) is 6.91. The van der Waals surface area contributed by atoms with E-state index in [1.165, 1.54) is 6.07 Å². The summed E-state index contributed by atoms with van der Waals surface area (Å²) >= 11 is 5.84. The Morgan fingerprint density at radius 3 is 2.65 bits per heavy atom. The summed E-state index contributed by atoms with van der Waals surface area (Å²) in [5, 5.41) is 0.235. The van der Waals surface area contributed by atoms with Gasteiger partial charge in [-0.3, -0.25) is 9.36 Å². The topological polar surface area (TPSA) is 44.1 Å². The second kappa shape index (κ2) is 6.57. The van der Waals surface area contributed by atoms with Gasteiger partial charge in [0.2, 0.25) is 0 Å². The predicted octanol–water partition coefficient (Wildman–Crippen LogP) is 3.10. The van der Waals surface area contributed by atoms with Crippen molar-refractivity contribution in [3.8, 4) is 5.75 Å². The largest absolute Gasteiger partial charge is 0.492 e. The summed E-state index contributed by atoms with van der Waals surface area (Å²) in [5.74, 6) is 1.59. The molecule has 5 heteroatoms. The van der Waals surface area contributed by atoms with Crippen LogP contribution in [-0.4, -0.2) is 16.2 Å². The van der Waals surface area contributed by atoms with Crippen LogP contribution in [0.2, 0.25) is 5.15 Å². The highest BCUT2D eigenvalue weighted by Crippen LogP contribution is 2.13. The zero-order chi connectivity index (χ0) is 14.5. The molecular formula is C15H17ClN2O2. The molecule has 0 atom stereocenters. The number of hydrogen-bond acceptors (Lipinski definition) is 3. The van der Waals surface area contributed by atoms with Crippen molar-refractivity contribution in [2.45, 2.75) is 26.3 Å². The Morgan fingerprint density at radius 2 is 2.00 bits per heavy atom. The van der Waals surface area contributed by atoms with Crippen LogP contribution in [0.15, 0.2) is 41.2 Å². The van der Waals surface area contributed by atoms with Gasteiger partial charge in [0.05, 0.1) is 6.54 Å². The highest BCUT2D eigenvalue weighted by atomic mass is 35.5. The first kappa shape index (κ1) is 14.6. The maximum absolute atomic E-state index is 12.0. The van der Waals surface area contributed by atoms with E-state index in [0.29, 0.717) is 19.0 Å². The van der Waals surface area contributed by atoms with Gasteiger partial charge in [-0.2, -0.15) is 0 Å². The minimum atomic E-state index is -0.148. The SMILES string of the molecule is CC(C)c1nc(Cl)cc(=O)n1CCOc1ccccc1. The van der Waals surface area contributed by atoms with Crippen molar-refractivity contribution in [2.75, 3.05) is 6.61 Å². The highest BCUT2D eigenvalue weighted by Gasteiger charge is 2.11. The van der Waals surface area contributed by atoms with Crippen LogP contribution in [0.3, 0.4) is 0 Å². The average molecular weight is 293 g/mol. The molecule has 0 spiro atoms. The lowest BCUT2D eigenvalue weighted by molar-refractivity contribution is 0.292. The monoisotopic (exact) mass is 292 g/mol. The molecule has 2 rings (SSSR count). The number of benzene rings is 1. The molecule has 0 bridgehead atoms. The summed E-state index contributed by atoms with van der Waals surface area (Å²) in [6.07, 6.45) is 0. The average Bonchev–Trinajstić information content (AvgIpc) is 2.41. The molecule has 0 unspecified atom stereocenters. The van der Waals surface area contributed by atoms with Gasteiger partial charge in [-0.25, -0.2) is 4.98 Å². The molecule has 0 saturated heterocycles. The summed E-state index contributed by atoms with van der Waals surface area (Å²) in [6, 6.07) is 10.8. The van der Waals surface area contributed by atoms with Gasteiger partial charge in [0.1, 0.15) is 23.3 Å². The molecule has 4 nitrogen and oxygen atoms in total. The van der Waals surface area contributed by atoms with Crippen molar-refractivity contribution in [3.63, 3.8) is 0 Å². The lowest BCUT2D eigenvalue weighted by atomic mass is 10.2. The lowest BCUT2D eigenvalue weighted by Crippen LogP contribution is -2.27. The molecule has 0 aliphatic carbocycles. The number of aromatic nitrogens is 2. The maximum Gasteiger partial charge on any atom is 0.255 e. The van der Waals surface area contributed by atoms with Crippen LogP contribution in [0, 0.1) is 0 Å². The normalized spacial score (nSPS) is 10.8. The zero-order valence-corrected chi connectivity index (χ0v) is 12.3. The van der Waals surface area contributed by atoms with Crippen LogP contribution in [0.25, 0.3) is 0 Å². The van der Waals surface area contributed by atoms with Gasteiger partial charge in [0.15, 0.2) is 0 Å². The van der Waals surface area contributed by atoms with Crippen LogP contribution in [0.4, 0.5) is 0 Å². The molecule has 0 aliphatic rings. The van der Waals surface area contributed by atoms with Crippen molar-refractivity contribution in [3.05, 3.63) is 57.7 Å². The number of rotatable bonds is 5. The predicted molar refractivity (Wildman–Crippen MR) is 79.5 cm³/mol. The van der Waals surface area contributed by atoms with Crippen LogP contribution in [0.1, 0.15) is 25.6 Å². The van der Waals surface area contributed by atoms with Crippen LogP contribution in [0.5, 0.6) is 5.75 Å². The van der Waals surface area contributed by atoms with Crippen molar-refractivity contribution in [1.82, 2.24) is 9.55 Å². The van der Waals surface area contributed by atoms with Crippen molar-refractivity contribution in [1.29, 1.82) is 0 Å². The minimum absolute atomic E-state index is 0.123. The molecule has 1 aromatic heterocycles. The van der Waals surface area contributed by atoms with Crippen molar-refractivity contribution < 1.29 is 4.74 Å².